The molecule has 2 rings (SSSR count). The van der Waals surface area contributed by atoms with Crippen LogP contribution in [0.15, 0.2) is 34.8 Å². The molecule has 2 aromatic rings. The van der Waals surface area contributed by atoms with Crippen LogP contribution in [0.3, 0.4) is 0 Å². The molecular formula is C16H16BrClIN. The molecule has 0 radical (unpaired) electrons. The van der Waals surface area contributed by atoms with Gasteiger partial charge in [0.25, 0.3) is 0 Å². The quantitative estimate of drug-likeness (QED) is 0.581. The minimum absolute atomic E-state index is 0.162. The summed E-state index contributed by atoms with van der Waals surface area (Å²) in [5.74, 6) is 0. The Labute approximate surface area is 147 Å². The van der Waals surface area contributed by atoms with Gasteiger partial charge in [-0.3, -0.25) is 0 Å². The number of nitrogens with one attached hydrogen (secondary N) is 1. The van der Waals surface area contributed by atoms with Gasteiger partial charge in [-0.1, -0.05) is 33.6 Å². The van der Waals surface area contributed by atoms with E-state index in [4.69, 9.17) is 11.6 Å². The Bertz CT molecular complexity index is 643. The third-order valence-corrected chi connectivity index (χ3v) is 5.30. The van der Waals surface area contributed by atoms with E-state index in [0.717, 1.165) is 15.1 Å². The van der Waals surface area contributed by atoms with Gasteiger partial charge in [-0.15, -0.1) is 0 Å². The van der Waals surface area contributed by atoms with Crippen LogP contribution in [0.25, 0.3) is 0 Å². The molecule has 1 unspecified atom stereocenters. The van der Waals surface area contributed by atoms with Crippen molar-refractivity contribution >= 4 is 50.1 Å². The molecule has 0 bridgehead atoms. The molecule has 0 heterocycles. The van der Waals surface area contributed by atoms with E-state index >= 15 is 0 Å². The highest BCUT2D eigenvalue weighted by Gasteiger charge is 2.18. The summed E-state index contributed by atoms with van der Waals surface area (Å²) in [4.78, 5) is 0. The molecular weight excluding hydrogens is 448 g/mol. The fraction of sp³-hybridized carbons (Fsp3) is 0.250. The van der Waals surface area contributed by atoms with E-state index in [0.29, 0.717) is 0 Å². The van der Waals surface area contributed by atoms with E-state index in [9.17, 15) is 0 Å². The first-order chi connectivity index (χ1) is 9.43. The summed E-state index contributed by atoms with van der Waals surface area (Å²) < 4.78 is 2.34. The molecule has 0 fully saturated rings. The average Bonchev–Trinajstić information content (AvgIpc) is 2.40. The first-order valence-electron chi connectivity index (χ1n) is 6.33. The lowest BCUT2D eigenvalue weighted by molar-refractivity contribution is 0.683. The van der Waals surface area contributed by atoms with Gasteiger partial charge < -0.3 is 5.32 Å². The Morgan fingerprint density at radius 1 is 1.10 bits per heavy atom. The largest absolute Gasteiger partial charge is 0.309 e. The predicted molar refractivity (Wildman–Crippen MR) is 98.7 cm³/mol. The zero-order chi connectivity index (χ0) is 14.9. The lowest BCUT2D eigenvalue weighted by atomic mass is 9.93. The molecule has 1 nitrogen and oxygen atoms in total. The first kappa shape index (κ1) is 16.3. The van der Waals surface area contributed by atoms with Gasteiger partial charge in [-0.25, -0.2) is 0 Å². The van der Waals surface area contributed by atoms with Gasteiger partial charge in [0.05, 0.1) is 6.04 Å². The normalized spacial score (nSPS) is 12.5. The van der Waals surface area contributed by atoms with Crippen LogP contribution in [0.2, 0.25) is 5.02 Å². The molecule has 0 aliphatic heterocycles. The van der Waals surface area contributed by atoms with Crippen molar-refractivity contribution in [3.63, 3.8) is 0 Å². The summed E-state index contributed by atoms with van der Waals surface area (Å²) in [6.07, 6.45) is 0. The maximum absolute atomic E-state index is 6.21. The first-order valence-corrected chi connectivity index (χ1v) is 8.58. The van der Waals surface area contributed by atoms with Crippen LogP contribution in [0.4, 0.5) is 0 Å². The molecule has 0 spiro atoms. The van der Waals surface area contributed by atoms with Crippen molar-refractivity contribution < 1.29 is 0 Å². The van der Waals surface area contributed by atoms with Crippen LogP contribution < -0.4 is 5.32 Å². The van der Waals surface area contributed by atoms with E-state index in [2.05, 4.69) is 75.0 Å². The SMILES string of the molecule is CNC(c1cc(C)c(Cl)cc1C)c1cc(Br)ccc1I. The minimum atomic E-state index is 0.162. The number of aryl methyl sites for hydroxylation is 2. The van der Waals surface area contributed by atoms with E-state index in [-0.39, 0.29) is 6.04 Å². The summed E-state index contributed by atoms with van der Waals surface area (Å²) in [7, 11) is 1.99. The van der Waals surface area contributed by atoms with Gasteiger partial charge in [-0.2, -0.15) is 0 Å². The maximum atomic E-state index is 6.21. The molecule has 20 heavy (non-hydrogen) atoms. The third-order valence-electron chi connectivity index (χ3n) is 3.42. The molecule has 0 aromatic heterocycles. The zero-order valence-electron chi connectivity index (χ0n) is 11.6. The topological polar surface area (TPSA) is 12.0 Å². The molecule has 1 N–H and O–H groups in total. The molecule has 106 valence electrons. The number of rotatable bonds is 3. The highest BCUT2D eigenvalue weighted by Crippen LogP contribution is 2.32. The number of benzene rings is 2. The van der Waals surface area contributed by atoms with Crippen molar-refractivity contribution in [1.82, 2.24) is 5.32 Å². The number of hydrogen-bond acceptors (Lipinski definition) is 1. The molecule has 4 heteroatoms. The molecule has 0 aliphatic carbocycles. The molecule has 0 saturated carbocycles. The lowest BCUT2D eigenvalue weighted by Gasteiger charge is -2.22. The van der Waals surface area contributed by atoms with Crippen LogP contribution in [0, 0.1) is 17.4 Å². The summed E-state index contributed by atoms with van der Waals surface area (Å²) in [5.41, 5.74) is 4.85. The second-order valence-corrected chi connectivity index (χ2v) is 7.33. The Morgan fingerprint density at radius 3 is 2.45 bits per heavy atom. The number of halogens is 3. The fourth-order valence-corrected chi connectivity index (χ4v) is 3.57. The highest BCUT2D eigenvalue weighted by molar-refractivity contribution is 14.1. The zero-order valence-corrected chi connectivity index (χ0v) is 16.1. The summed E-state index contributed by atoms with van der Waals surface area (Å²) in [6.45, 7) is 4.15. The monoisotopic (exact) mass is 463 g/mol. The van der Waals surface area contributed by atoms with Crippen molar-refractivity contribution in [3.05, 3.63) is 65.7 Å². The van der Waals surface area contributed by atoms with Gasteiger partial charge in [0, 0.05) is 13.1 Å². The Hall–Kier alpha value is -0.100. The predicted octanol–water partition coefficient (Wildman–Crippen LogP) is 5.63. The van der Waals surface area contributed by atoms with E-state index in [1.807, 2.05) is 20.0 Å². The maximum Gasteiger partial charge on any atom is 0.0587 e. The van der Waals surface area contributed by atoms with Crippen molar-refractivity contribution in [2.75, 3.05) is 7.05 Å². The molecule has 0 aliphatic rings. The van der Waals surface area contributed by atoms with Crippen molar-refractivity contribution in [2.24, 2.45) is 0 Å². The minimum Gasteiger partial charge on any atom is -0.309 e. The Balaban J connectivity index is 2.58. The summed E-state index contributed by atoms with van der Waals surface area (Å²) in [6, 6.07) is 10.7. The van der Waals surface area contributed by atoms with Crippen LogP contribution >= 0.6 is 50.1 Å². The molecule has 1 atom stereocenters. The fourth-order valence-electron chi connectivity index (χ4n) is 2.33. The second kappa shape index (κ2) is 6.77. The highest BCUT2D eigenvalue weighted by atomic mass is 127. The average molecular weight is 465 g/mol. The van der Waals surface area contributed by atoms with E-state index < -0.39 is 0 Å². The van der Waals surface area contributed by atoms with Crippen molar-refractivity contribution in [2.45, 2.75) is 19.9 Å². The molecule has 0 amide bonds. The van der Waals surface area contributed by atoms with Crippen LogP contribution in [-0.2, 0) is 0 Å². The third kappa shape index (κ3) is 3.38. The van der Waals surface area contributed by atoms with Crippen molar-refractivity contribution in [3.8, 4) is 0 Å². The molecule has 0 saturated heterocycles. The van der Waals surface area contributed by atoms with Crippen LogP contribution in [0.5, 0.6) is 0 Å². The van der Waals surface area contributed by atoms with Gasteiger partial charge in [0.15, 0.2) is 0 Å². The van der Waals surface area contributed by atoms with Gasteiger partial charge >= 0.3 is 0 Å². The Kier molecular flexibility index (Phi) is 5.51. The van der Waals surface area contributed by atoms with Gasteiger partial charge in [0.2, 0.25) is 0 Å². The summed E-state index contributed by atoms with van der Waals surface area (Å²) >= 11 is 12.1. The standard InChI is InChI=1S/C16H16BrClIN/c1-9-7-14(18)10(2)6-12(9)16(20-3)13-8-11(17)4-5-15(13)19/h4-8,16,20H,1-3H3. The van der Waals surface area contributed by atoms with Crippen LogP contribution in [-0.4, -0.2) is 7.05 Å². The Morgan fingerprint density at radius 2 is 1.80 bits per heavy atom. The molecule has 2 aromatic carbocycles. The smallest absolute Gasteiger partial charge is 0.0587 e. The lowest BCUT2D eigenvalue weighted by Crippen LogP contribution is -2.20. The summed E-state index contributed by atoms with van der Waals surface area (Å²) in [5, 5.41) is 4.25. The van der Waals surface area contributed by atoms with Crippen molar-refractivity contribution in [1.29, 1.82) is 0 Å². The van der Waals surface area contributed by atoms with Gasteiger partial charge in [-0.05, 0) is 90.0 Å². The van der Waals surface area contributed by atoms with E-state index in [1.54, 1.807) is 0 Å². The van der Waals surface area contributed by atoms with Gasteiger partial charge in [0.1, 0.15) is 0 Å². The second-order valence-electron chi connectivity index (χ2n) is 4.85. The van der Waals surface area contributed by atoms with Crippen LogP contribution in [0.1, 0.15) is 28.3 Å². The number of hydrogen-bond donors (Lipinski definition) is 1. The van der Waals surface area contributed by atoms with E-state index in [1.165, 1.54) is 20.3 Å².